The van der Waals surface area contributed by atoms with E-state index in [-0.39, 0.29) is 11.9 Å². The lowest BCUT2D eigenvalue weighted by Gasteiger charge is -2.18. The molecule has 5 nitrogen and oxygen atoms in total. The van der Waals surface area contributed by atoms with Gasteiger partial charge in [0.15, 0.2) is 0 Å². The molecule has 0 saturated carbocycles. The van der Waals surface area contributed by atoms with Crippen molar-refractivity contribution in [1.29, 1.82) is 0 Å². The van der Waals surface area contributed by atoms with E-state index >= 15 is 0 Å². The van der Waals surface area contributed by atoms with Crippen LogP contribution in [0.4, 0.5) is 11.4 Å². The number of nitrogens with zero attached hydrogens (tertiary/aromatic N) is 1. The second-order valence-electron chi connectivity index (χ2n) is 6.32. The Labute approximate surface area is 159 Å². The molecule has 0 fully saturated rings. The van der Waals surface area contributed by atoms with Crippen LogP contribution < -0.4 is 16.4 Å². The Morgan fingerprint density at radius 1 is 1.07 bits per heavy atom. The average molecular weight is 360 g/mol. The number of anilines is 2. The van der Waals surface area contributed by atoms with Crippen molar-refractivity contribution in [2.45, 2.75) is 25.9 Å². The Kier molecular flexibility index (Phi) is 6.05. The number of carbonyl (C=O) groups is 1. The van der Waals surface area contributed by atoms with Crippen LogP contribution in [0.15, 0.2) is 72.9 Å². The maximum Gasteiger partial charge on any atom is 0.251 e. The Bertz CT molecular complexity index is 881. The van der Waals surface area contributed by atoms with Crippen molar-refractivity contribution in [3.63, 3.8) is 0 Å². The molecule has 3 rings (SSSR count). The molecule has 1 aromatic heterocycles. The van der Waals surface area contributed by atoms with Crippen LogP contribution in [-0.4, -0.2) is 10.9 Å². The fourth-order valence-corrected chi connectivity index (χ4v) is 2.90. The van der Waals surface area contributed by atoms with Crippen LogP contribution in [0, 0.1) is 0 Å². The maximum atomic E-state index is 12.6. The fourth-order valence-electron chi connectivity index (χ4n) is 2.90. The number of nitrogen functional groups attached to an aromatic ring is 1. The lowest BCUT2D eigenvalue weighted by Crippen LogP contribution is -2.28. The molecular formula is C22H24N4O. The zero-order valence-electron chi connectivity index (χ0n) is 15.4. The number of pyridine rings is 1. The summed E-state index contributed by atoms with van der Waals surface area (Å²) in [7, 11) is 0. The summed E-state index contributed by atoms with van der Waals surface area (Å²) in [6.45, 7) is 2.62. The third kappa shape index (κ3) is 4.85. The van der Waals surface area contributed by atoms with Gasteiger partial charge >= 0.3 is 0 Å². The zero-order valence-corrected chi connectivity index (χ0v) is 15.4. The number of nitrogens with one attached hydrogen (secondary N) is 2. The number of aromatic nitrogens is 1. The van der Waals surface area contributed by atoms with E-state index in [1.165, 1.54) is 0 Å². The summed E-state index contributed by atoms with van der Waals surface area (Å²) in [6.07, 6.45) is 2.57. The average Bonchev–Trinajstić information content (AvgIpc) is 2.72. The summed E-state index contributed by atoms with van der Waals surface area (Å²) in [6, 6.07) is 21.0. The molecule has 0 spiro atoms. The molecule has 5 heteroatoms. The number of carbonyl (C=O) groups excluding carboxylic acids is 1. The smallest absolute Gasteiger partial charge is 0.251 e. The van der Waals surface area contributed by atoms with E-state index in [4.69, 9.17) is 5.73 Å². The van der Waals surface area contributed by atoms with Crippen molar-refractivity contribution in [3.05, 3.63) is 89.7 Å². The third-order valence-electron chi connectivity index (χ3n) is 4.42. The highest BCUT2D eigenvalue weighted by Gasteiger charge is 2.14. The molecule has 1 heterocycles. The van der Waals surface area contributed by atoms with Gasteiger partial charge in [-0.3, -0.25) is 9.78 Å². The van der Waals surface area contributed by atoms with Crippen molar-refractivity contribution >= 4 is 17.3 Å². The quantitative estimate of drug-likeness (QED) is 0.553. The molecule has 4 N–H and O–H groups in total. The Morgan fingerprint density at radius 3 is 2.52 bits per heavy atom. The molecule has 0 aliphatic rings. The van der Waals surface area contributed by atoms with Gasteiger partial charge in [-0.15, -0.1) is 0 Å². The summed E-state index contributed by atoms with van der Waals surface area (Å²) < 4.78 is 0. The molecule has 0 aliphatic carbocycles. The normalized spacial score (nSPS) is 11.6. The summed E-state index contributed by atoms with van der Waals surface area (Å²) >= 11 is 0. The highest BCUT2D eigenvalue weighted by molar-refractivity contribution is 5.96. The van der Waals surface area contributed by atoms with E-state index in [0.29, 0.717) is 17.8 Å². The van der Waals surface area contributed by atoms with Gasteiger partial charge < -0.3 is 16.4 Å². The second-order valence-corrected chi connectivity index (χ2v) is 6.32. The summed E-state index contributed by atoms with van der Waals surface area (Å²) in [5.74, 6) is -0.131. The molecule has 1 amide bonds. The van der Waals surface area contributed by atoms with E-state index in [1.54, 1.807) is 18.3 Å². The maximum absolute atomic E-state index is 12.6. The van der Waals surface area contributed by atoms with Gasteiger partial charge in [-0.05, 0) is 42.3 Å². The molecule has 27 heavy (non-hydrogen) atoms. The molecule has 0 unspecified atom stereocenters. The van der Waals surface area contributed by atoms with E-state index in [9.17, 15) is 4.79 Å². The first-order valence-corrected chi connectivity index (χ1v) is 9.06. The van der Waals surface area contributed by atoms with Crippen LogP contribution in [0.1, 0.15) is 41.0 Å². The highest BCUT2D eigenvalue weighted by Crippen LogP contribution is 2.22. The number of nitrogens with two attached hydrogens (primary N) is 1. The number of hydrogen-bond acceptors (Lipinski definition) is 4. The van der Waals surface area contributed by atoms with Gasteiger partial charge in [0.2, 0.25) is 0 Å². The number of amides is 1. The first kappa shape index (κ1) is 18.5. The van der Waals surface area contributed by atoms with E-state index < -0.39 is 0 Å². The SMILES string of the molecule is CC[C@@H](NC(=O)c1ccc(NCc2ccccn2)c(N)c1)c1ccccc1. The van der Waals surface area contributed by atoms with Crippen molar-refractivity contribution < 1.29 is 4.79 Å². The Morgan fingerprint density at radius 2 is 1.85 bits per heavy atom. The summed E-state index contributed by atoms with van der Waals surface area (Å²) in [4.78, 5) is 16.9. The van der Waals surface area contributed by atoms with E-state index in [2.05, 4.69) is 22.5 Å². The topological polar surface area (TPSA) is 80.0 Å². The number of rotatable bonds is 7. The van der Waals surface area contributed by atoms with Gasteiger partial charge in [0, 0.05) is 11.8 Å². The molecule has 1 atom stereocenters. The fraction of sp³-hybridized carbons (Fsp3) is 0.182. The van der Waals surface area contributed by atoms with E-state index in [1.807, 2.05) is 54.6 Å². The number of hydrogen-bond donors (Lipinski definition) is 3. The minimum Gasteiger partial charge on any atom is -0.397 e. The molecule has 0 aliphatic heterocycles. The lowest BCUT2D eigenvalue weighted by molar-refractivity contribution is 0.0935. The van der Waals surface area contributed by atoms with Gasteiger partial charge in [0.25, 0.3) is 5.91 Å². The standard InChI is InChI=1S/C22H24N4O/c1-2-20(16-8-4-3-5-9-16)26-22(27)17-11-12-21(19(23)14-17)25-15-18-10-6-7-13-24-18/h3-14,20,25H,2,15,23H2,1H3,(H,26,27)/t20-/m1/s1. The zero-order chi connectivity index (χ0) is 19.1. The summed E-state index contributed by atoms with van der Waals surface area (Å²) in [5, 5.41) is 6.33. The van der Waals surface area contributed by atoms with Crippen LogP contribution in [0.3, 0.4) is 0 Å². The highest BCUT2D eigenvalue weighted by atomic mass is 16.1. The molecule has 138 valence electrons. The van der Waals surface area contributed by atoms with Crippen molar-refractivity contribution in [2.24, 2.45) is 0 Å². The first-order valence-electron chi connectivity index (χ1n) is 9.06. The Hall–Kier alpha value is -3.34. The molecule has 0 saturated heterocycles. The molecule has 2 aromatic carbocycles. The van der Waals surface area contributed by atoms with Gasteiger partial charge in [-0.25, -0.2) is 0 Å². The van der Waals surface area contributed by atoms with Gasteiger partial charge in [0.1, 0.15) is 0 Å². The summed E-state index contributed by atoms with van der Waals surface area (Å²) in [5.41, 5.74) is 10.0. The largest absolute Gasteiger partial charge is 0.397 e. The lowest BCUT2D eigenvalue weighted by atomic mass is 10.0. The first-order chi connectivity index (χ1) is 13.2. The minimum absolute atomic E-state index is 0.0260. The van der Waals surface area contributed by atoms with Gasteiger partial charge in [-0.2, -0.15) is 0 Å². The van der Waals surface area contributed by atoms with Crippen molar-refractivity contribution in [3.8, 4) is 0 Å². The molecule has 3 aromatic rings. The van der Waals surface area contributed by atoms with Crippen LogP contribution >= 0.6 is 0 Å². The predicted molar refractivity (Wildman–Crippen MR) is 109 cm³/mol. The molecule has 0 bridgehead atoms. The monoisotopic (exact) mass is 360 g/mol. The van der Waals surface area contributed by atoms with E-state index in [0.717, 1.165) is 23.4 Å². The van der Waals surface area contributed by atoms with Crippen LogP contribution in [0.25, 0.3) is 0 Å². The van der Waals surface area contributed by atoms with Gasteiger partial charge in [-0.1, -0.05) is 43.3 Å². The van der Waals surface area contributed by atoms with Crippen LogP contribution in [0.2, 0.25) is 0 Å². The minimum atomic E-state index is -0.131. The Balaban J connectivity index is 1.66. The molecule has 0 radical (unpaired) electrons. The molecular weight excluding hydrogens is 336 g/mol. The van der Waals surface area contributed by atoms with Crippen molar-refractivity contribution in [2.75, 3.05) is 11.1 Å². The number of benzene rings is 2. The van der Waals surface area contributed by atoms with Crippen LogP contribution in [0.5, 0.6) is 0 Å². The third-order valence-corrected chi connectivity index (χ3v) is 4.42. The van der Waals surface area contributed by atoms with Gasteiger partial charge in [0.05, 0.1) is 29.7 Å². The predicted octanol–water partition coefficient (Wildman–Crippen LogP) is 4.16. The van der Waals surface area contributed by atoms with Crippen LogP contribution in [-0.2, 0) is 6.54 Å². The van der Waals surface area contributed by atoms with Crippen molar-refractivity contribution in [1.82, 2.24) is 10.3 Å². The second kappa shape index (κ2) is 8.85.